The summed E-state index contributed by atoms with van der Waals surface area (Å²) in [6.07, 6.45) is 4.52. The number of pyridine rings is 1. The summed E-state index contributed by atoms with van der Waals surface area (Å²) in [6, 6.07) is 2.08. The highest BCUT2D eigenvalue weighted by molar-refractivity contribution is 6.62. The smallest absolute Gasteiger partial charge is 0.399 e. The van der Waals surface area contributed by atoms with Crippen LogP contribution in [-0.4, -0.2) is 29.5 Å². The highest BCUT2D eigenvalue weighted by Gasteiger charge is 2.51. The summed E-state index contributed by atoms with van der Waals surface area (Å²) >= 11 is 0. The molecule has 2 aliphatic rings. The Bertz CT molecular complexity index is 510. The van der Waals surface area contributed by atoms with Crippen molar-refractivity contribution in [2.45, 2.75) is 45.3 Å². The van der Waals surface area contributed by atoms with Crippen molar-refractivity contribution in [2.75, 3.05) is 0 Å². The highest BCUT2D eigenvalue weighted by Crippen LogP contribution is 2.36. The molecular formula is C13H17BN2O2. The van der Waals surface area contributed by atoms with E-state index in [0.717, 1.165) is 23.3 Å². The largest absolute Gasteiger partial charge is 0.496 e. The quantitative estimate of drug-likeness (QED) is 0.705. The number of nitrogens with zero attached hydrogens (tertiary/aromatic N) is 2. The first kappa shape index (κ1) is 11.9. The van der Waals surface area contributed by atoms with Gasteiger partial charge in [-0.3, -0.25) is 0 Å². The van der Waals surface area contributed by atoms with Crippen LogP contribution >= 0.6 is 0 Å². The Morgan fingerprint density at radius 3 is 2.50 bits per heavy atom. The van der Waals surface area contributed by atoms with Gasteiger partial charge >= 0.3 is 7.12 Å². The molecule has 1 fully saturated rings. The fourth-order valence-corrected chi connectivity index (χ4v) is 2.13. The van der Waals surface area contributed by atoms with Gasteiger partial charge in [-0.05, 0) is 27.7 Å². The van der Waals surface area contributed by atoms with Gasteiger partial charge in [-0.2, -0.15) is 0 Å². The number of rotatable bonds is 1. The van der Waals surface area contributed by atoms with E-state index in [2.05, 4.69) is 43.7 Å². The Balaban J connectivity index is 1.90. The number of hydrogen-bond donors (Lipinski definition) is 0. The van der Waals surface area contributed by atoms with E-state index >= 15 is 0 Å². The van der Waals surface area contributed by atoms with Gasteiger partial charge in [0, 0.05) is 29.9 Å². The van der Waals surface area contributed by atoms with Gasteiger partial charge in [0.15, 0.2) is 5.82 Å². The third kappa shape index (κ3) is 1.69. The summed E-state index contributed by atoms with van der Waals surface area (Å²) in [5.74, 6) is 0.815. The third-order valence-corrected chi connectivity index (χ3v) is 4.01. The lowest BCUT2D eigenvalue weighted by molar-refractivity contribution is 0.00578. The summed E-state index contributed by atoms with van der Waals surface area (Å²) in [7, 11) is -0.339. The van der Waals surface area contributed by atoms with Crippen molar-refractivity contribution < 1.29 is 9.31 Å². The van der Waals surface area contributed by atoms with E-state index < -0.39 is 0 Å². The molecule has 3 heterocycles. The van der Waals surface area contributed by atoms with E-state index in [0.29, 0.717) is 0 Å². The van der Waals surface area contributed by atoms with Gasteiger partial charge in [0.25, 0.3) is 0 Å². The molecule has 1 aromatic rings. The molecule has 1 aromatic heterocycles. The Labute approximate surface area is 108 Å². The lowest BCUT2D eigenvalue weighted by Gasteiger charge is -2.32. The molecule has 4 nitrogen and oxygen atoms in total. The van der Waals surface area contributed by atoms with Crippen LogP contribution in [0.15, 0.2) is 17.3 Å². The molecule has 0 aromatic carbocycles. The molecule has 5 heteroatoms. The first-order valence-electron chi connectivity index (χ1n) is 6.26. The second-order valence-electron chi connectivity index (χ2n) is 5.86. The minimum absolute atomic E-state index is 0.312. The van der Waals surface area contributed by atoms with E-state index in [4.69, 9.17) is 9.31 Å². The van der Waals surface area contributed by atoms with Crippen molar-refractivity contribution in [2.24, 2.45) is 4.99 Å². The molecule has 0 N–H and O–H groups in total. The molecule has 0 amide bonds. The first-order valence-corrected chi connectivity index (χ1v) is 6.26. The fraction of sp³-hybridized carbons (Fsp3) is 0.538. The standard InChI is InChI=1S/C13H17BN2O2/c1-12(2)13(3,4)18-14(17-12)10-7-9-5-6-15-11(9)16-8-10/h6-8H,5H2,1-4H3. The van der Waals surface area contributed by atoms with Crippen molar-refractivity contribution in [3.63, 3.8) is 0 Å². The zero-order valence-corrected chi connectivity index (χ0v) is 11.2. The number of fused-ring (bicyclic) bond motifs is 1. The zero-order valence-electron chi connectivity index (χ0n) is 11.2. The molecule has 2 aliphatic heterocycles. The zero-order chi connectivity index (χ0) is 13.0. The predicted molar refractivity (Wildman–Crippen MR) is 71.8 cm³/mol. The summed E-state index contributed by atoms with van der Waals surface area (Å²) in [5.41, 5.74) is 1.49. The van der Waals surface area contributed by atoms with E-state index in [1.54, 1.807) is 6.20 Å². The molecule has 0 aliphatic carbocycles. The van der Waals surface area contributed by atoms with Gasteiger partial charge in [-0.1, -0.05) is 6.07 Å². The molecule has 0 bridgehead atoms. The molecule has 0 unspecified atom stereocenters. The fourth-order valence-electron chi connectivity index (χ4n) is 2.13. The maximum atomic E-state index is 6.01. The molecule has 0 spiro atoms. The average molecular weight is 244 g/mol. The Hall–Kier alpha value is -1.20. The number of aromatic nitrogens is 1. The van der Waals surface area contributed by atoms with Crippen molar-refractivity contribution in [3.8, 4) is 0 Å². The Morgan fingerprint density at radius 1 is 1.17 bits per heavy atom. The van der Waals surface area contributed by atoms with Crippen molar-refractivity contribution in [3.05, 3.63) is 17.8 Å². The van der Waals surface area contributed by atoms with Crippen LogP contribution in [0.1, 0.15) is 33.3 Å². The maximum Gasteiger partial charge on any atom is 0.496 e. The average Bonchev–Trinajstić information content (AvgIpc) is 2.80. The van der Waals surface area contributed by atoms with Crippen LogP contribution in [0, 0.1) is 0 Å². The van der Waals surface area contributed by atoms with Crippen LogP contribution in [-0.2, 0) is 15.7 Å². The van der Waals surface area contributed by atoms with Crippen LogP contribution in [0.4, 0.5) is 5.82 Å². The summed E-state index contributed by atoms with van der Waals surface area (Å²) in [4.78, 5) is 8.55. The maximum absolute atomic E-state index is 6.01. The molecule has 0 atom stereocenters. The Morgan fingerprint density at radius 2 is 1.83 bits per heavy atom. The third-order valence-electron chi connectivity index (χ3n) is 4.01. The number of hydrogen-bond acceptors (Lipinski definition) is 4. The van der Waals surface area contributed by atoms with Crippen LogP contribution in [0.5, 0.6) is 0 Å². The first-order chi connectivity index (χ1) is 8.39. The van der Waals surface area contributed by atoms with E-state index in [9.17, 15) is 0 Å². The molecule has 94 valence electrons. The molecule has 1 saturated heterocycles. The summed E-state index contributed by atoms with van der Waals surface area (Å²) in [6.45, 7) is 8.21. The van der Waals surface area contributed by atoms with Crippen molar-refractivity contribution in [1.29, 1.82) is 0 Å². The predicted octanol–water partition coefficient (Wildman–Crippen LogP) is 1.64. The van der Waals surface area contributed by atoms with Crippen LogP contribution in [0.25, 0.3) is 0 Å². The summed E-state index contributed by atoms with van der Waals surface area (Å²) in [5, 5.41) is 0. The second kappa shape index (κ2) is 3.65. The van der Waals surface area contributed by atoms with Crippen molar-refractivity contribution in [1.82, 2.24) is 4.98 Å². The van der Waals surface area contributed by atoms with E-state index in [1.807, 2.05) is 6.21 Å². The normalized spacial score (nSPS) is 23.4. The topological polar surface area (TPSA) is 43.7 Å². The number of aliphatic imine (C=N–C) groups is 1. The van der Waals surface area contributed by atoms with Crippen molar-refractivity contribution >= 4 is 24.6 Å². The van der Waals surface area contributed by atoms with Crippen LogP contribution < -0.4 is 5.46 Å². The van der Waals surface area contributed by atoms with E-state index in [-0.39, 0.29) is 18.3 Å². The molecule has 3 rings (SSSR count). The molecular weight excluding hydrogens is 227 g/mol. The van der Waals surface area contributed by atoms with Gasteiger partial charge in [0.1, 0.15) is 0 Å². The van der Waals surface area contributed by atoms with Gasteiger partial charge in [-0.25, -0.2) is 9.98 Å². The second-order valence-corrected chi connectivity index (χ2v) is 5.86. The lowest BCUT2D eigenvalue weighted by Crippen LogP contribution is -2.41. The van der Waals surface area contributed by atoms with Gasteiger partial charge < -0.3 is 9.31 Å². The van der Waals surface area contributed by atoms with Gasteiger partial charge in [0.05, 0.1) is 11.2 Å². The molecule has 0 radical (unpaired) electrons. The van der Waals surface area contributed by atoms with E-state index in [1.165, 1.54) is 0 Å². The van der Waals surface area contributed by atoms with Gasteiger partial charge in [-0.15, -0.1) is 0 Å². The molecule has 0 saturated carbocycles. The highest BCUT2D eigenvalue weighted by atomic mass is 16.7. The van der Waals surface area contributed by atoms with Crippen LogP contribution in [0.2, 0.25) is 0 Å². The minimum Gasteiger partial charge on any atom is -0.399 e. The van der Waals surface area contributed by atoms with Gasteiger partial charge in [0.2, 0.25) is 0 Å². The minimum atomic E-state index is -0.339. The monoisotopic (exact) mass is 244 g/mol. The Kier molecular flexibility index (Phi) is 2.41. The SMILES string of the molecule is CC1(C)OB(c2cnc3c(c2)CC=N3)OC1(C)C. The van der Waals surface area contributed by atoms with Crippen LogP contribution in [0.3, 0.4) is 0 Å². The summed E-state index contributed by atoms with van der Waals surface area (Å²) < 4.78 is 12.0. The lowest BCUT2D eigenvalue weighted by atomic mass is 9.79. The molecule has 18 heavy (non-hydrogen) atoms.